The molecule has 3 aromatic rings. The van der Waals surface area contributed by atoms with E-state index in [2.05, 4.69) is 13.0 Å². The van der Waals surface area contributed by atoms with Gasteiger partial charge in [-0.3, -0.25) is 0 Å². The molecular formula is C14H13NOS. The van der Waals surface area contributed by atoms with E-state index in [9.17, 15) is 0 Å². The molecule has 17 heavy (non-hydrogen) atoms. The summed E-state index contributed by atoms with van der Waals surface area (Å²) in [4.78, 5) is 1.13. The second kappa shape index (κ2) is 4.02. The molecule has 0 amide bonds. The topological polar surface area (TPSA) is 39.2 Å². The summed E-state index contributed by atoms with van der Waals surface area (Å²) in [6, 6.07) is 12.1. The van der Waals surface area contributed by atoms with Crippen molar-refractivity contribution in [2.75, 3.05) is 0 Å². The van der Waals surface area contributed by atoms with Gasteiger partial charge in [0.05, 0.1) is 6.04 Å². The number of thiophene rings is 1. The number of rotatable bonds is 2. The number of fused-ring (bicyclic) bond motifs is 1. The number of hydrogen-bond acceptors (Lipinski definition) is 3. The Bertz CT molecular complexity index is 639. The molecule has 0 bridgehead atoms. The highest BCUT2D eigenvalue weighted by molar-refractivity contribution is 7.10. The summed E-state index contributed by atoms with van der Waals surface area (Å²) >= 11 is 1.65. The SMILES string of the molecule is Cc1ccc2oc(C(N)c3cccs3)cc2c1. The number of hydrogen-bond donors (Lipinski definition) is 1. The van der Waals surface area contributed by atoms with Gasteiger partial charge in [-0.25, -0.2) is 0 Å². The molecule has 0 spiro atoms. The number of aryl methyl sites for hydroxylation is 1. The molecule has 1 atom stereocenters. The van der Waals surface area contributed by atoms with Gasteiger partial charge in [-0.1, -0.05) is 17.7 Å². The predicted molar refractivity (Wildman–Crippen MR) is 71.3 cm³/mol. The lowest BCUT2D eigenvalue weighted by atomic mass is 10.1. The van der Waals surface area contributed by atoms with Gasteiger partial charge in [0.1, 0.15) is 11.3 Å². The Hall–Kier alpha value is -1.58. The van der Waals surface area contributed by atoms with Crippen LogP contribution in [0.1, 0.15) is 22.2 Å². The van der Waals surface area contributed by atoms with E-state index in [4.69, 9.17) is 10.2 Å². The molecule has 2 aromatic heterocycles. The fourth-order valence-electron chi connectivity index (χ4n) is 1.95. The fourth-order valence-corrected chi connectivity index (χ4v) is 2.68. The lowest BCUT2D eigenvalue weighted by Crippen LogP contribution is -2.08. The van der Waals surface area contributed by atoms with E-state index in [-0.39, 0.29) is 6.04 Å². The van der Waals surface area contributed by atoms with Gasteiger partial charge in [-0.2, -0.15) is 0 Å². The molecule has 86 valence electrons. The van der Waals surface area contributed by atoms with E-state index >= 15 is 0 Å². The average Bonchev–Trinajstić information content (AvgIpc) is 2.96. The molecule has 3 heteroatoms. The molecule has 3 rings (SSSR count). The smallest absolute Gasteiger partial charge is 0.134 e. The van der Waals surface area contributed by atoms with Crippen LogP contribution < -0.4 is 5.73 Å². The highest BCUT2D eigenvalue weighted by atomic mass is 32.1. The average molecular weight is 243 g/mol. The van der Waals surface area contributed by atoms with Crippen molar-refractivity contribution >= 4 is 22.3 Å². The van der Waals surface area contributed by atoms with Crippen LogP contribution in [-0.2, 0) is 0 Å². The van der Waals surface area contributed by atoms with Crippen LogP contribution in [0.4, 0.5) is 0 Å². The van der Waals surface area contributed by atoms with Crippen LogP contribution in [0.2, 0.25) is 0 Å². The Morgan fingerprint density at radius 1 is 1.24 bits per heavy atom. The van der Waals surface area contributed by atoms with Gasteiger partial charge in [0.25, 0.3) is 0 Å². The van der Waals surface area contributed by atoms with Crippen molar-refractivity contribution in [3.63, 3.8) is 0 Å². The second-order valence-electron chi connectivity index (χ2n) is 4.18. The Kier molecular flexibility index (Phi) is 2.50. The van der Waals surface area contributed by atoms with Crippen molar-refractivity contribution < 1.29 is 4.42 Å². The van der Waals surface area contributed by atoms with E-state index in [1.807, 2.05) is 35.7 Å². The Labute approximate surface area is 104 Å². The minimum absolute atomic E-state index is 0.164. The van der Waals surface area contributed by atoms with Gasteiger partial charge in [0.2, 0.25) is 0 Å². The summed E-state index contributed by atoms with van der Waals surface area (Å²) in [6.45, 7) is 2.07. The van der Waals surface area contributed by atoms with Gasteiger partial charge in [-0.05, 0) is 36.6 Å². The molecule has 0 aliphatic rings. The molecule has 0 aliphatic heterocycles. The highest BCUT2D eigenvalue weighted by Crippen LogP contribution is 2.29. The molecule has 2 nitrogen and oxygen atoms in total. The van der Waals surface area contributed by atoms with Crippen LogP contribution >= 0.6 is 11.3 Å². The largest absolute Gasteiger partial charge is 0.459 e. The maximum Gasteiger partial charge on any atom is 0.134 e. The molecule has 1 aromatic carbocycles. The van der Waals surface area contributed by atoms with Crippen molar-refractivity contribution in [3.8, 4) is 0 Å². The molecule has 0 radical (unpaired) electrons. The van der Waals surface area contributed by atoms with E-state index in [1.54, 1.807) is 11.3 Å². The molecule has 0 saturated heterocycles. The van der Waals surface area contributed by atoms with E-state index in [1.165, 1.54) is 5.56 Å². The van der Waals surface area contributed by atoms with Crippen molar-refractivity contribution in [2.45, 2.75) is 13.0 Å². The Morgan fingerprint density at radius 2 is 2.12 bits per heavy atom. The predicted octanol–water partition coefficient (Wildman–Crippen LogP) is 3.85. The standard InChI is InChI=1S/C14H13NOS/c1-9-4-5-11-10(7-9)8-12(16-11)14(15)13-3-2-6-17-13/h2-8,14H,15H2,1H3. The second-order valence-corrected chi connectivity index (χ2v) is 5.16. The van der Waals surface area contributed by atoms with Gasteiger partial charge < -0.3 is 10.2 Å². The van der Waals surface area contributed by atoms with Gasteiger partial charge >= 0.3 is 0 Å². The van der Waals surface area contributed by atoms with Gasteiger partial charge in [0, 0.05) is 10.3 Å². The van der Waals surface area contributed by atoms with E-state index in [0.717, 1.165) is 21.6 Å². The zero-order valence-electron chi connectivity index (χ0n) is 9.51. The van der Waals surface area contributed by atoms with E-state index in [0.29, 0.717) is 0 Å². The van der Waals surface area contributed by atoms with Crippen LogP contribution in [0.15, 0.2) is 46.2 Å². The summed E-state index contributed by atoms with van der Waals surface area (Å²) in [5, 5.41) is 3.15. The zero-order chi connectivity index (χ0) is 11.8. The maximum absolute atomic E-state index is 6.18. The summed E-state index contributed by atoms with van der Waals surface area (Å²) < 4.78 is 5.79. The first kappa shape index (κ1) is 10.6. The van der Waals surface area contributed by atoms with Crippen molar-refractivity contribution in [1.82, 2.24) is 0 Å². The lowest BCUT2D eigenvalue weighted by Gasteiger charge is -2.04. The summed E-state index contributed by atoms with van der Waals surface area (Å²) in [5.74, 6) is 0.827. The molecule has 0 saturated carbocycles. The summed E-state index contributed by atoms with van der Waals surface area (Å²) in [5.41, 5.74) is 8.31. The summed E-state index contributed by atoms with van der Waals surface area (Å²) in [7, 11) is 0. The summed E-state index contributed by atoms with van der Waals surface area (Å²) in [6.07, 6.45) is 0. The van der Waals surface area contributed by atoms with Crippen LogP contribution in [0.3, 0.4) is 0 Å². The molecule has 0 aliphatic carbocycles. The van der Waals surface area contributed by atoms with Crippen molar-refractivity contribution in [3.05, 3.63) is 58.0 Å². The van der Waals surface area contributed by atoms with Crippen molar-refractivity contribution in [1.29, 1.82) is 0 Å². The van der Waals surface area contributed by atoms with Crippen molar-refractivity contribution in [2.24, 2.45) is 5.73 Å². The first-order valence-electron chi connectivity index (χ1n) is 5.53. The van der Waals surface area contributed by atoms with Crippen LogP contribution in [-0.4, -0.2) is 0 Å². The minimum atomic E-state index is -0.164. The lowest BCUT2D eigenvalue weighted by molar-refractivity contribution is 0.528. The van der Waals surface area contributed by atoms with Gasteiger partial charge in [0.15, 0.2) is 0 Å². The zero-order valence-corrected chi connectivity index (χ0v) is 10.3. The van der Waals surface area contributed by atoms with E-state index < -0.39 is 0 Å². The molecule has 2 N–H and O–H groups in total. The third kappa shape index (κ3) is 1.88. The molecule has 0 fully saturated rings. The first-order chi connectivity index (χ1) is 8.24. The third-order valence-corrected chi connectivity index (χ3v) is 3.80. The fraction of sp³-hybridized carbons (Fsp3) is 0.143. The van der Waals surface area contributed by atoms with Gasteiger partial charge in [-0.15, -0.1) is 11.3 Å². The molecule has 2 heterocycles. The maximum atomic E-state index is 6.18. The number of furan rings is 1. The first-order valence-corrected chi connectivity index (χ1v) is 6.41. The Morgan fingerprint density at radius 3 is 2.88 bits per heavy atom. The Balaban J connectivity index is 2.06. The quantitative estimate of drug-likeness (QED) is 0.742. The monoisotopic (exact) mass is 243 g/mol. The highest BCUT2D eigenvalue weighted by Gasteiger charge is 2.14. The van der Waals surface area contributed by atoms with Crippen LogP contribution in [0.25, 0.3) is 11.0 Å². The normalized spacial score (nSPS) is 13.1. The number of benzene rings is 1. The molecular weight excluding hydrogens is 230 g/mol. The molecule has 1 unspecified atom stereocenters. The minimum Gasteiger partial charge on any atom is -0.459 e. The van der Waals surface area contributed by atoms with Crippen LogP contribution in [0.5, 0.6) is 0 Å². The number of nitrogens with two attached hydrogens (primary N) is 1. The third-order valence-electron chi connectivity index (χ3n) is 2.85. The van der Waals surface area contributed by atoms with Crippen LogP contribution in [0, 0.1) is 6.92 Å².